The molecular weight excluding hydrogens is 218 g/mol. The number of hydrogen-bond acceptors (Lipinski definition) is 4. The Morgan fingerprint density at radius 3 is 2.76 bits per heavy atom. The summed E-state index contributed by atoms with van der Waals surface area (Å²) >= 11 is 0. The quantitative estimate of drug-likeness (QED) is 0.821. The van der Waals surface area contributed by atoms with Crippen molar-refractivity contribution in [3.05, 3.63) is 23.3 Å². The van der Waals surface area contributed by atoms with Gasteiger partial charge in [-0.3, -0.25) is 0 Å². The summed E-state index contributed by atoms with van der Waals surface area (Å²) in [5.41, 5.74) is 2.63. The maximum atomic E-state index is 8.86. The highest BCUT2D eigenvalue weighted by Crippen LogP contribution is 2.40. The fraction of sp³-hybridized carbons (Fsp3) is 0.538. The zero-order valence-corrected chi connectivity index (χ0v) is 9.74. The fourth-order valence-corrected chi connectivity index (χ4v) is 2.59. The Morgan fingerprint density at radius 1 is 1.24 bits per heavy atom. The monoisotopic (exact) mass is 235 g/mol. The molecule has 1 unspecified atom stereocenters. The summed E-state index contributed by atoms with van der Waals surface area (Å²) in [5.74, 6) is 1.73. The van der Waals surface area contributed by atoms with Gasteiger partial charge in [0.25, 0.3) is 0 Å². The first kappa shape index (κ1) is 10.9. The van der Waals surface area contributed by atoms with Crippen LogP contribution in [0.1, 0.15) is 23.6 Å². The van der Waals surface area contributed by atoms with Gasteiger partial charge in [-0.1, -0.05) is 0 Å². The van der Waals surface area contributed by atoms with E-state index in [1.54, 1.807) is 0 Å². The molecular formula is C13H17NO3. The minimum absolute atomic E-state index is 0.177. The van der Waals surface area contributed by atoms with Crippen LogP contribution in [0.2, 0.25) is 0 Å². The number of fused-ring (bicyclic) bond motifs is 2. The summed E-state index contributed by atoms with van der Waals surface area (Å²) in [6.07, 6.45) is 2.15. The first-order valence-electron chi connectivity index (χ1n) is 6.15. The van der Waals surface area contributed by atoms with Gasteiger partial charge in [0.1, 0.15) is 13.2 Å². The molecule has 0 saturated carbocycles. The van der Waals surface area contributed by atoms with Crippen molar-refractivity contribution in [2.24, 2.45) is 0 Å². The van der Waals surface area contributed by atoms with E-state index in [0.29, 0.717) is 25.8 Å². The zero-order chi connectivity index (χ0) is 11.7. The average molecular weight is 235 g/mol. The van der Waals surface area contributed by atoms with Crippen LogP contribution in [0.15, 0.2) is 12.1 Å². The molecule has 1 aliphatic heterocycles. The largest absolute Gasteiger partial charge is 0.486 e. The predicted octanol–water partition coefficient (Wildman–Crippen LogP) is 1.03. The van der Waals surface area contributed by atoms with Gasteiger partial charge in [-0.05, 0) is 36.1 Å². The molecule has 1 heterocycles. The van der Waals surface area contributed by atoms with Crippen LogP contribution in [0.4, 0.5) is 0 Å². The molecule has 0 fully saturated rings. The van der Waals surface area contributed by atoms with E-state index in [2.05, 4.69) is 17.4 Å². The van der Waals surface area contributed by atoms with E-state index in [4.69, 9.17) is 14.6 Å². The van der Waals surface area contributed by atoms with Gasteiger partial charge in [-0.2, -0.15) is 0 Å². The average Bonchev–Trinajstić information content (AvgIpc) is 2.76. The van der Waals surface area contributed by atoms with Gasteiger partial charge in [-0.15, -0.1) is 0 Å². The molecule has 0 radical (unpaired) electrons. The molecule has 3 rings (SSSR count). The van der Waals surface area contributed by atoms with Gasteiger partial charge in [0, 0.05) is 12.6 Å². The molecule has 17 heavy (non-hydrogen) atoms. The first-order valence-corrected chi connectivity index (χ1v) is 6.15. The van der Waals surface area contributed by atoms with Gasteiger partial charge in [0.15, 0.2) is 11.5 Å². The molecule has 0 spiro atoms. The summed E-state index contributed by atoms with van der Waals surface area (Å²) in [4.78, 5) is 0. The van der Waals surface area contributed by atoms with E-state index in [9.17, 15) is 0 Å². The van der Waals surface area contributed by atoms with Crippen LogP contribution < -0.4 is 14.8 Å². The van der Waals surface area contributed by atoms with Crippen molar-refractivity contribution in [2.75, 3.05) is 26.4 Å². The van der Waals surface area contributed by atoms with Gasteiger partial charge in [0.2, 0.25) is 0 Å². The number of aliphatic hydroxyl groups is 1. The highest BCUT2D eigenvalue weighted by molar-refractivity contribution is 5.50. The molecule has 0 amide bonds. The summed E-state index contributed by atoms with van der Waals surface area (Å²) in [6.45, 7) is 2.08. The van der Waals surface area contributed by atoms with Crippen LogP contribution in [-0.2, 0) is 6.42 Å². The van der Waals surface area contributed by atoms with Crippen molar-refractivity contribution in [2.45, 2.75) is 18.9 Å². The second kappa shape index (κ2) is 4.55. The molecule has 2 N–H and O–H groups in total. The molecule has 1 aromatic carbocycles. The van der Waals surface area contributed by atoms with E-state index in [1.807, 2.05) is 0 Å². The molecule has 1 atom stereocenters. The molecule has 0 aromatic heterocycles. The maximum absolute atomic E-state index is 8.86. The smallest absolute Gasteiger partial charge is 0.161 e. The van der Waals surface area contributed by atoms with Crippen LogP contribution in [0, 0.1) is 0 Å². The summed E-state index contributed by atoms with van der Waals surface area (Å²) in [6, 6.07) is 4.53. The van der Waals surface area contributed by atoms with Crippen molar-refractivity contribution >= 4 is 0 Å². The van der Waals surface area contributed by atoms with Crippen LogP contribution in [0.25, 0.3) is 0 Å². The molecule has 4 nitrogen and oxygen atoms in total. The fourth-order valence-electron chi connectivity index (χ4n) is 2.59. The van der Waals surface area contributed by atoms with E-state index in [-0.39, 0.29) is 6.61 Å². The third kappa shape index (κ3) is 1.98. The normalized spacial score (nSPS) is 21.4. The lowest BCUT2D eigenvalue weighted by molar-refractivity contribution is 0.171. The Kier molecular flexibility index (Phi) is 2.91. The highest BCUT2D eigenvalue weighted by Gasteiger charge is 2.25. The lowest BCUT2D eigenvalue weighted by Gasteiger charge is -2.21. The van der Waals surface area contributed by atoms with Crippen LogP contribution in [-0.4, -0.2) is 31.5 Å². The summed E-state index contributed by atoms with van der Waals surface area (Å²) < 4.78 is 11.2. The lowest BCUT2D eigenvalue weighted by Crippen LogP contribution is -2.23. The summed E-state index contributed by atoms with van der Waals surface area (Å²) in [5, 5.41) is 12.2. The van der Waals surface area contributed by atoms with Crippen molar-refractivity contribution < 1.29 is 14.6 Å². The van der Waals surface area contributed by atoms with Crippen molar-refractivity contribution in [1.29, 1.82) is 0 Å². The Hall–Kier alpha value is -1.26. The third-order valence-corrected chi connectivity index (χ3v) is 3.38. The second-order valence-corrected chi connectivity index (χ2v) is 4.46. The van der Waals surface area contributed by atoms with Gasteiger partial charge < -0.3 is 19.9 Å². The second-order valence-electron chi connectivity index (χ2n) is 4.46. The minimum atomic E-state index is 0.177. The predicted molar refractivity (Wildman–Crippen MR) is 63.6 cm³/mol. The zero-order valence-electron chi connectivity index (χ0n) is 9.74. The van der Waals surface area contributed by atoms with E-state index in [0.717, 1.165) is 24.3 Å². The number of aliphatic hydroxyl groups excluding tert-OH is 1. The van der Waals surface area contributed by atoms with E-state index >= 15 is 0 Å². The lowest BCUT2D eigenvalue weighted by atomic mass is 10.1. The Morgan fingerprint density at radius 2 is 2.00 bits per heavy atom. The van der Waals surface area contributed by atoms with Crippen molar-refractivity contribution in [3.63, 3.8) is 0 Å². The highest BCUT2D eigenvalue weighted by atomic mass is 16.6. The molecule has 92 valence electrons. The molecule has 1 aromatic rings. The number of rotatable bonds is 3. The topological polar surface area (TPSA) is 50.7 Å². The van der Waals surface area contributed by atoms with Crippen LogP contribution in [0.5, 0.6) is 11.5 Å². The molecule has 4 heteroatoms. The van der Waals surface area contributed by atoms with Gasteiger partial charge in [0.05, 0.1) is 6.61 Å². The molecule has 0 saturated heterocycles. The Bertz CT molecular complexity index is 419. The molecule has 0 bridgehead atoms. The van der Waals surface area contributed by atoms with Crippen molar-refractivity contribution in [1.82, 2.24) is 5.32 Å². The molecule has 1 aliphatic carbocycles. The number of aryl methyl sites for hydroxylation is 1. The van der Waals surface area contributed by atoms with Crippen molar-refractivity contribution in [3.8, 4) is 11.5 Å². The number of ether oxygens (including phenoxy) is 2. The Labute approximate surface area is 101 Å². The maximum Gasteiger partial charge on any atom is 0.161 e. The number of benzene rings is 1. The third-order valence-electron chi connectivity index (χ3n) is 3.38. The standard InChI is InChI=1S/C13H17NO3/c15-4-3-14-11-2-1-9-7-12-13(8-10(9)11)17-6-5-16-12/h7-8,11,14-15H,1-6H2. The van der Waals surface area contributed by atoms with Crippen LogP contribution in [0.3, 0.4) is 0 Å². The minimum Gasteiger partial charge on any atom is -0.486 e. The van der Waals surface area contributed by atoms with Crippen LogP contribution >= 0.6 is 0 Å². The van der Waals surface area contributed by atoms with E-state index < -0.39 is 0 Å². The molecule has 2 aliphatic rings. The van der Waals surface area contributed by atoms with E-state index in [1.165, 1.54) is 11.1 Å². The first-order chi connectivity index (χ1) is 8.38. The SMILES string of the molecule is OCCNC1CCc2cc3c(cc21)OCCO3. The van der Waals surface area contributed by atoms with Gasteiger partial charge >= 0.3 is 0 Å². The summed E-state index contributed by atoms with van der Waals surface area (Å²) in [7, 11) is 0. The van der Waals surface area contributed by atoms with Gasteiger partial charge in [-0.25, -0.2) is 0 Å². The number of hydrogen-bond donors (Lipinski definition) is 2. The number of nitrogens with one attached hydrogen (secondary N) is 1. The Balaban J connectivity index is 1.87.